The van der Waals surface area contributed by atoms with Gasteiger partial charge in [-0.3, -0.25) is 4.57 Å². The molecule has 0 aliphatic carbocycles. The number of nitrogen functional groups attached to an aromatic ring is 1. The molecule has 8 nitrogen and oxygen atoms in total. The van der Waals surface area contributed by atoms with E-state index in [1.165, 1.54) is 6.33 Å². The van der Waals surface area contributed by atoms with Gasteiger partial charge in [0.1, 0.15) is 17.7 Å². The summed E-state index contributed by atoms with van der Waals surface area (Å²) in [4.78, 5) is 13.4. The molecule has 2 aromatic carbocycles. The summed E-state index contributed by atoms with van der Waals surface area (Å²) in [6, 6.07) is 13.9. The normalized spacial score (nSPS) is 24.5. The fourth-order valence-corrected chi connectivity index (χ4v) is 4.08. The van der Waals surface area contributed by atoms with E-state index in [4.69, 9.17) is 10.5 Å². The van der Waals surface area contributed by atoms with Crippen molar-refractivity contribution in [2.45, 2.75) is 24.5 Å². The number of ether oxygens (including phenoxy) is 1. The van der Waals surface area contributed by atoms with E-state index in [2.05, 4.69) is 27.6 Å². The Morgan fingerprint density at radius 2 is 1.86 bits per heavy atom. The lowest BCUT2D eigenvalue weighted by Crippen LogP contribution is -2.32. The van der Waals surface area contributed by atoms with E-state index in [0.717, 1.165) is 16.3 Å². The molecule has 1 fully saturated rings. The molecule has 0 amide bonds. The van der Waals surface area contributed by atoms with E-state index >= 15 is 0 Å². The number of thiol groups is 1. The largest absolute Gasteiger partial charge is 0.387 e. The average molecular weight is 409 g/mol. The topological polar surface area (TPSA) is 119 Å². The Kier molecular flexibility index (Phi) is 4.39. The van der Waals surface area contributed by atoms with E-state index in [1.54, 1.807) is 4.57 Å². The molecule has 0 bridgehead atoms. The second-order valence-electron chi connectivity index (χ2n) is 7.01. The number of aliphatic hydroxyl groups is 2. The Bertz CT molecular complexity index is 1210. The maximum absolute atomic E-state index is 10.5. The van der Waals surface area contributed by atoms with Crippen molar-refractivity contribution in [3.8, 4) is 11.4 Å². The van der Waals surface area contributed by atoms with Crippen LogP contribution in [0.15, 0.2) is 48.8 Å². The summed E-state index contributed by atoms with van der Waals surface area (Å²) < 4.78 is 7.37. The van der Waals surface area contributed by atoms with Crippen LogP contribution in [0.2, 0.25) is 0 Å². The van der Waals surface area contributed by atoms with Crippen LogP contribution in [0.1, 0.15) is 6.23 Å². The van der Waals surface area contributed by atoms with Gasteiger partial charge in [0.2, 0.25) is 0 Å². The number of aromatic nitrogens is 4. The summed E-state index contributed by atoms with van der Waals surface area (Å²) in [5.74, 6) is 0.961. The predicted molar refractivity (Wildman–Crippen MR) is 112 cm³/mol. The standard InChI is InChI=1S/C20H19N5O3S/c21-17-14-19(25(9-22-14)20-16(27)15(26)13(8-29)28-20)24-18(23-17)12-7-3-5-10-4-1-2-6-11(10)12/h1-7,9,13,15-16,20,26-27,29H,8H2,(H2,21,23,24)/t13-,15-,16-,20-/m1/s1. The third kappa shape index (κ3) is 2.85. The fraction of sp³-hybridized carbons (Fsp3) is 0.250. The SMILES string of the molecule is Nc1nc(-c2cccc3ccccc23)nc2c1ncn2[C@@H]1O[C@H](CS)[C@@H](O)[C@H]1O. The number of imidazole rings is 1. The summed E-state index contributed by atoms with van der Waals surface area (Å²) >= 11 is 4.18. The minimum Gasteiger partial charge on any atom is -0.387 e. The molecule has 4 N–H and O–H groups in total. The van der Waals surface area contributed by atoms with Crippen LogP contribution in [0.3, 0.4) is 0 Å². The van der Waals surface area contributed by atoms with Crippen molar-refractivity contribution < 1.29 is 14.9 Å². The first kappa shape index (κ1) is 18.3. The molecular formula is C20H19N5O3S. The van der Waals surface area contributed by atoms with E-state index in [-0.39, 0.29) is 11.6 Å². The Labute approximate surface area is 171 Å². The first-order valence-corrected chi connectivity index (χ1v) is 9.82. The molecular weight excluding hydrogens is 390 g/mol. The van der Waals surface area contributed by atoms with Crippen LogP contribution in [0.4, 0.5) is 5.82 Å². The minimum absolute atomic E-state index is 0.232. The van der Waals surface area contributed by atoms with Gasteiger partial charge in [-0.05, 0) is 10.8 Å². The van der Waals surface area contributed by atoms with E-state index in [9.17, 15) is 10.2 Å². The Morgan fingerprint density at radius 1 is 1.07 bits per heavy atom. The van der Waals surface area contributed by atoms with Crippen LogP contribution in [0, 0.1) is 0 Å². The predicted octanol–water partition coefficient (Wildman–Crippen LogP) is 1.78. The number of hydrogen-bond donors (Lipinski definition) is 4. The third-order valence-electron chi connectivity index (χ3n) is 5.27. The molecule has 4 aromatic rings. The molecule has 9 heteroatoms. The van der Waals surface area contributed by atoms with E-state index in [0.29, 0.717) is 17.0 Å². The van der Waals surface area contributed by atoms with Crippen LogP contribution >= 0.6 is 12.6 Å². The van der Waals surface area contributed by atoms with Crippen LogP contribution < -0.4 is 5.73 Å². The average Bonchev–Trinajstić information content (AvgIpc) is 3.29. The lowest BCUT2D eigenvalue weighted by atomic mass is 10.0. The molecule has 0 saturated carbocycles. The highest BCUT2D eigenvalue weighted by Gasteiger charge is 2.43. The van der Waals surface area contributed by atoms with Gasteiger partial charge in [-0.15, -0.1) is 0 Å². The Hall–Kier alpha value is -2.72. The van der Waals surface area contributed by atoms with Crippen molar-refractivity contribution in [2.75, 3.05) is 11.5 Å². The zero-order valence-electron chi connectivity index (χ0n) is 15.3. The van der Waals surface area contributed by atoms with Gasteiger partial charge in [-0.2, -0.15) is 12.6 Å². The van der Waals surface area contributed by atoms with Gasteiger partial charge in [0.05, 0.1) is 12.4 Å². The van der Waals surface area contributed by atoms with Gasteiger partial charge in [0.15, 0.2) is 23.5 Å². The molecule has 3 heterocycles. The quantitative estimate of drug-likeness (QED) is 0.381. The second kappa shape index (κ2) is 6.96. The molecule has 0 radical (unpaired) electrons. The summed E-state index contributed by atoms with van der Waals surface area (Å²) in [7, 11) is 0. The van der Waals surface area contributed by atoms with Gasteiger partial charge < -0.3 is 20.7 Å². The van der Waals surface area contributed by atoms with Crippen molar-refractivity contribution in [1.29, 1.82) is 0 Å². The molecule has 1 aliphatic heterocycles. The van der Waals surface area contributed by atoms with Gasteiger partial charge in [0, 0.05) is 11.3 Å². The monoisotopic (exact) mass is 409 g/mol. The number of benzene rings is 2. The van der Waals surface area contributed by atoms with Gasteiger partial charge in [-0.1, -0.05) is 42.5 Å². The smallest absolute Gasteiger partial charge is 0.168 e. The van der Waals surface area contributed by atoms with E-state index < -0.39 is 24.5 Å². The molecule has 29 heavy (non-hydrogen) atoms. The summed E-state index contributed by atoms with van der Waals surface area (Å²) in [6.07, 6.45) is -2.13. The van der Waals surface area contributed by atoms with Crippen LogP contribution in [-0.2, 0) is 4.74 Å². The van der Waals surface area contributed by atoms with Crippen molar-refractivity contribution in [1.82, 2.24) is 19.5 Å². The van der Waals surface area contributed by atoms with Gasteiger partial charge in [0.25, 0.3) is 0 Å². The molecule has 4 atom stereocenters. The number of fused-ring (bicyclic) bond motifs is 2. The molecule has 0 spiro atoms. The van der Waals surface area contributed by atoms with Crippen LogP contribution in [-0.4, -0.2) is 53.8 Å². The lowest BCUT2D eigenvalue weighted by molar-refractivity contribution is -0.0288. The number of nitrogens with two attached hydrogens (primary N) is 1. The third-order valence-corrected chi connectivity index (χ3v) is 5.63. The molecule has 1 saturated heterocycles. The first-order valence-electron chi connectivity index (χ1n) is 9.19. The Morgan fingerprint density at radius 3 is 2.66 bits per heavy atom. The minimum atomic E-state index is -1.14. The van der Waals surface area contributed by atoms with Crippen molar-refractivity contribution in [2.24, 2.45) is 0 Å². The first-order chi connectivity index (χ1) is 14.1. The van der Waals surface area contributed by atoms with Crippen LogP contribution in [0.5, 0.6) is 0 Å². The maximum atomic E-state index is 10.5. The molecule has 2 aromatic heterocycles. The van der Waals surface area contributed by atoms with Crippen molar-refractivity contribution in [3.63, 3.8) is 0 Å². The summed E-state index contributed by atoms with van der Waals surface area (Å²) in [6.45, 7) is 0. The summed E-state index contributed by atoms with van der Waals surface area (Å²) in [5, 5.41) is 22.7. The van der Waals surface area contributed by atoms with Crippen molar-refractivity contribution >= 4 is 40.4 Å². The number of anilines is 1. The molecule has 5 rings (SSSR count). The maximum Gasteiger partial charge on any atom is 0.168 e. The van der Waals surface area contributed by atoms with Gasteiger partial charge >= 0.3 is 0 Å². The lowest BCUT2D eigenvalue weighted by Gasteiger charge is -2.17. The molecule has 148 valence electrons. The molecule has 0 unspecified atom stereocenters. The van der Waals surface area contributed by atoms with Gasteiger partial charge in [-0.25, -0.2) is 15.0 Å². The highest BCUT2D eigenvalue weighted by molar-refractivity contribution is 7.80. The van der Waals surface area contributed by atoms with Crippen LogP contribution in [0.25, 0.3) is 33.3 Å². The zero-order valence-corrected chi connectivity index (χ0v) is 16.1. The molecule has 1 aliphatic rings. The number of hydrogen-bond acceptors (Lipinski definition) is 8. The Balaban J connectivity index is 1.68. The number of rotatable bonds is 3. The zero-order chi connectivity index (χ0) is 20.1. The fourth-order valence-electron chi connectivity index (χ4n) is 3.78. The second-order valence-corrected chi connectivity index (χ2v) is 7.38. The highest BCUT2D eigenvalue weighted by Crippen LogP contribution is 2.34. The number of aliphatic hydroxyl groups excluding tert-OH is 2. The number of nitrogens with zero attached hydrogens (tertiary/aromatic N) is 4. The summed E-state index contributed by atoms with van der Waals surface area (Å²) in [5.41, 5.74) is 7.85. The van der Waals surface area contributed by atoms with E-state index in [1.807, 2.05) is 42.5 Å². The highest BCUT2D eigenvalue weighted by atomic mass is 32.1. The van der Waals surface area contributed by atoms with Crippen molar-refractivity contribution in [3.05, 3.63) is 48.8 Å².